The number of nitrogens with zero attached hydrogens (tertiary/aromatic N) is 5. The molecule has 3 aromatic rings. The van der Waals surface area contributed by atoms with E-state index >= 15 is 0 Å². The molecule has 1 amide bonds. The molecule has 1 saturated heterocycles. The highest BCUT2D eigenvalue weighted by Crippen LogP contribution is 2.27. The minimum atomic E-state index is -0.591. The molecule has 11 heteroatoms. The number of piperidine rings is 1. The number of benzene rings is 1. The number of ether oxygens (including phenoxy) is 2. The maximum absolute atomic E-state index is 13.8. The zero-order valence-corrected chi connectivity index (χ0v) is 24.5. The number of alkyl carbamates (subject to hydrolysis) is 1. The molecule has 1 aliphatic carbocycles. The number of nitrogens with one attached hydrogen (secondary N) is 1. The minimum absolute atomic E-state index is 0.149. The average molecular weight is 579 g/mol. The van der Waals surface area contributed by atoms with E-state index in [1.165, 1.54) is 4.57 Å². The molecule has 0 saturated carbocycles. The number of amides is 1. The molecule has 5 rings (SSSR count). The molecule has 1 aromatic carbocycles. The van der Waals surface area contributed by atoms with Gasteiger partial charge in [0.15, 0.2) is 11.2 Å². The lowest BCUT2D eigenvalue weighted by Gasteiger charge is -2.34. The Morgan fingerprint density at radius 1 is 1.20 bits per heavy atom. The van der Waals surface area contributed by atoms with Crippen LogP contribution in [0.2, 0.25) is 5.02 Å². The summed E-state index contributed by atoms with van der Waals surface area (Å²) >= 11 is 6.54. The highest BCUT2D eigenvalue weighted by atomic mass is 35.5. The second-order valence-electron chi connectivity index (χ2n) is 11.2. The fourth-order valence-corrected chi connectivity index (χ4v) is 5.10. The lowest BCUT2D eigenvalue weighted by molar-refractivity contribution is 0.0499. The number of allylic oxidation sites excluding steroid dienone is 5. The standard InChI is InChI=1S/C30H35ClN6O4/c1-30(2,3)41-29(39)32-21-13-11-17-36(19-21)27-33-25-24(37(27)18-20-12-9-10-16-23(20)31)26(38)35(4)28(34-25)40-22-14-7-5-6-8-15-22/h5-7,9-10,12,14-16,21H,8,11,13,17-19H2,1-4H3,(H,32,39)/t21-/m1/s1. The SMILES string of the molecule is Cn1c(OC2=CCC=CC=C2)nc2nc(N3CCC[C@@H](NC(=O)OC(C)(C)C)C3)n(Cc3ccccc3Cl)c2c1=O. The molecule has 3 heterocycles. The van der Waals surface area contributed by atoms with Gasteiger partial charge in [-0.2, -0.15) is 9.97 Å². The van der Waals surface area contributed by atoms with E-state index in [4.69, 9.17) is 26.1 Å². The summed E-state index contributed by atoms with van der Waals surface area (Å²) in [6, 6.07) is 7.53. The van der Waals surface area contributed by atoms with Crippen molar-refractivity contribution in [3.8, 4) is 6.01 Å². The number of fused-ring (bicyclic) bond motifs is 1. The Bertz CT molecular complexity index is 1600. The van der Waals surface area contributed by atoms with Gasteiger partial charge in [0, 0.05) is 31.2 Å². The molecule has 0 radical (unpaired) electrons. The lowest BCUT2D eigenvalue weighted by Crippen LogP contribution is -2.49. The Hall–Kier alpha value is -4.05. The van der Waals surface area contributed by atoms with Gasteiger partial charge in [0.25, 0.3) is 5.56 Å². The van der Waals surface area contributed by atoms with E-state index in [1.807, 2.05) is 80.0 Å². The van der Waals surface area contributed by atoms with E-state index in [0.29, 0.717) is 48.3 Å². The Balaban J connectivity index is 1.53. The summed E-state index contributed by atoms with van der Waals surface area (Å²) in [5.41, 5.74) is 0.602. The van der Waals surface area contributed by atoms with Crippen molar-refractivity contribution in [3.05, 3.63) is 81.3 Å². The molecule has 1 atom stereocenters. The zero-order valence-electron chi connectivity index (χ0n) is 23.8. The largest absolute Gasteiger partial charge is 0.444 e. The van der Waals surface area contributed by atoms with Crippen LogP contribution in [0.1, 0.15) is 45.6 Å². The van der Waals surface area contributed by atoms with Crippen LogP contribution in [0.4, 0.5) is 10.7 Å². The maximum Gasteiger partial charge on any atom is 0.407 e. The summed E-state index contributed by atoms with van der Waals surface area (Å²) in [7, 11) is 1.64. The first-order valence-corrected chi connectivity index (χ1v) is 14.1. The van der Waals surface area contributed by atoms with Crippen molar-refractivity contribution < 1.29 is 14.3 Å². The molecule has 2 aromatic heterocycles. The molecule has 0 spiro atoms. The minimum Gasteiger partial charge on any atom is -0.444 e. The van der Waals surface area contributed by atoms with E-state index in [2.05, 4.69) is 15.2 Å². The smallest absolute Gasteiger partial charge is 0.407 e. The summed E-state index contributed by atoms with van der Waals surface area (Å²) in [4.78, 5) is 37.9. The molecule has 2 aliphatic rings. The van der Waals surface area contributed by atoms with E-state index in [-0.39, 0.29) is 23.3 Å². The molecule has 0 bridgehead atoms. The number of hydrogen-bond acceptors (Lipinski definition) is 7. The van der Waals surface area contributed by atoms with Crippen LogP contribution in [0.5, 0.6) is 6.01 Å². The van der Waals surface area contributed by atoms with Gasteiger partial charge >= 0.3 is 12.1 Å². The molecular weight excluding hydrogens is 544 g/mol. The highest BCUT2D eigenvalue weighted by Gasteiger charge is 2.29. The van der Waals surface area contributed by atoms with Gasteiger partial charge in [-0.05, 0) is 63.8 Å². The van der Waals surface area contributed by atoms with Crippen molar-refractivity contribution >= 4 is 34.8 Å². The van der Waals surface area contributed by atoms with Crippen LogP contribution in [0, 0.1) is 0 Å². The van der Waals surface area contributed by atoms with Gasteiger partial charge in [0.1, 0.15) is 11.4 Å². The van der Waals surface area contributed by atoms with Gasteiger partial charge in [0.2, 0.25) is 5.95 Å². The number of carbonyl (C=O) groups excluding carboxylic acids is 1. The average Bonchev–Trinajstić information content (AvgIpc) is 3.07. The maximum atomic E-state index is 13.8. The molecule has 1 N–H and O–H groups in total. The second kappa shape index (κ2) is 11.8. The Labute approximate surface area is 243 Å². The summed E-state index contributed by atoms with van der Waals surface area (Å²) in [6.07, 6.45) is 11.5. The van der Waals surface area contributed by atoms with Gasteiger partial charge in [0.05, 0.1) is 6.54 Å². The number of carbonyl (C=O) groups is 1. The Kier molecular flexibility index (Phi) is 8.21. The highest BCUT2D eigenvalue weighted by molar-refractivity contribution is 6.31. The van der Waals surface area contributed by atoms with Gasteiger partial charge in [-0.15, -0.1) is 0 Å². The van der Waals surface area contributed by atoms with E-state index in [0.717, 1.165) is 18.4 Å². The molecular formula is C30H35ClN6O4. The van der Waals surface area contributed by atoms with Gasteiger partial charge in [-0.25, -0.2) is 4.79 Å². The Morgan fingerprint density at radius 2 is 2.00 bits per heavy atom. The van der Waals surface area contributed by atoms with Gasteiger partial charge in [-0.1, -0.05) is 48.0 Å². The predicted molar refractivity (Wildman–Crippen MR) is 160 cm³/mol. The molecule has 1 aliphatic heterocycles. The third-order valence-electron chi connectivity index (χ3n) is 6.81. The van der Waals surface area contributed by atoms with E-state index < -0.39 is 11.7 Å². The molecule has 41 heavy (non-hydrogen) atoms. The van der Waals surface area contributed by atoms with Crippen molar-refractivity contribution in [2.24, 2.45) is 7.05 Å². The number of halogens is 1. The number of hydrogen-bond donors (Lipinski definition) is 1. The van der Waals surface area contributed by atoms with Crippen LogP contribution in [-0.2, 0) is 18.3 Å². The predicted octanol–water partition coefficient (Wildman–Crippen LogP) is 5.10. The molecule has 216 valence electrons. The second-order valence-corrected chi connectivity index (χ2v) is 11.6. The van der Waals surface area contributed by atoms with E-state index in [1.54, 1.807) is 7.05 Å². The first kappa shape index (κ1) is 28.5. The fraction of sp³-hybridized carbons (Fsp3) is 0.400. The van der Waals surface area contributed by atoms with Crippen molar-refractivity contribution in [3.63, 3.8) is 0 Å². The molecule has 1 fully saturated rings. The monoisotopic (exact) mass is 578 g/mol. The van der Waals surface area contributed by atoms with Crippen LogP contribution >= 0.6 is 11.6 Å². The van der Waals surface area contributed by atoms with Crippen molar-refractivity contribution in [1.82, 2.24) is 24.4 Å². The summed E-state index contributed by atoms with van der Waals surface area (Å²) in [5.74, 6) is 1.18. The third kappa shape index (κ3) is 6.65. The number of imidazole rings is 1. The van der Waals surface area contributed by atoms with Gasteiger partial charge < -0.3 is 19.7 Å². The Morgan fingerprint density at radius 3 is 2.78 bits per heavy atom. The van der Waals surface area contributed by atoms with Crippen molar-refractivity contribution in [2.75, 3.05) is 18.0 Å². The van der Waals surface area contributed by atoms with Crippen molar-refractivity contribution in [2.45, 2.75) is 58.2 Å². The topological polar surface area (TPSA) is 104 Å². The first-order valence-electron chi connectivity index (χ1n) is 13.8. The van der Waals surface area contributed by atoms with Crippen LogP contribution in [0.15, 0.2) is 65.2 Å². The first-order chi connectivity index (χ1) is 19.6. The lowest BCUT2D eigenvalue weighted by atomic mass is 10.1. The van der Waals surface area contributed by atoms with E-state index in [9.17, 15) is 9.59 Å². The van der Waals surface area contributed by atoms with Crippen LogP contribution < -0.4 is 20.5 Å². The van der Waals surface area contributed by atoms with Crippen LogP contribution in [0.3, 0.4) is 0 Å². The normalized spacial score (nSPS) is 17.3. The van der Waals surface area contributed by atoms with Crippen LogP contribution in [0.25, 0.3) is 11.2 Å². The van der Waals surface area contributed by atoms with Gasteiger partial charge in [-0.3, -0.25) is 13.9 Å². The quantitative estimate of drug-likeness (QED) is 0.434. The summed E-state index contributed by atoms with van der Waals surface area (Å²) in [6.45, 7) is 7.03. The number of anilines is 1. The van der Waals surface area contributed by atoms with Crippen molar-refractivity contribution in [1.29, 1.82) is 0 Å². The number of aromatic nitrogens is 4. The summed E-state index contributed by atoms with van der Waals surface area (Å²) < 4.78 is 14.8. The zero-order chi connectivity index (χ0) is 29.1. The fourth-order valence-electron chi connectivity index (χ4n) is 4.90. The molecule has 0 unspecified atom stereocenters. The molecule has 10 nitrogen and oxygen atoms in total. The van der Waals surface area contributed by atoms with Crippen LogP contribution in [-0.4, -0.2) is 49.9 Å². The summed E-state index contributed by atoms with van der Waals surface area (Å²) in [5, 5.41) is 3.58. The number of rotatable bonds is 6. The third-order valence-corrected chi connectivity index (χ3v) is 7.18.